The van der Waals surface area contributed by atoms with Gasteiger partial charge in [-0.05, 0) is 56.2 Å². The molecule has 0 amide bonds. The molecule has 0 radical (unpaired) electrons. The predicted molar refractivity (Wildman–Crippen MR) is 85.1 cm³/mol. The minimum Gasteiger partial charge on any atom is -0.310 e. The van der Waals surface area contributed by atoms with E-state index in [-0.39, 0.29) is 0 Å². The molecule has 0 spiro atoms. The lowest BCUT2D eigenvalue weighted by molar-refractivity contribution is 0.651. The zero-order chi connectivity index (χ0) is 14.2. The van der Waals surface area contributed by atoms with Gasteiger partial charge in [0.2, 0.25) is 0 Å². The van der Waals surface area contributed by atoms with Crippen LogP contribution in [-0.4, -0.2) is 15.6 Å². The van der Waals surface area contributed by atoms with E-state index in [1.165, 1.54) is 48.3 Å². The van der Waals surface area contributed by atoms with Gasteiger partial charge in [0, 0.05) is 23.3 Å². The molecular formula is C17H20ClN3. The highest BCUT2D eigenvalue weighted by molar-refractivity contribution is 6.30. The predicted octanol–water partition coefficient (Wildman–Crippen LogP) is 3.66. The van der Waals surface area contributed by atoms with E-state index >= 15 is 0 Å². The molecule has 3 nitrogen and oxygen atoms in total. The van der Waals surface area contributed by atoms with Crippen LogP contribution in [0.1, 0.15) is 42.6 Å². The zero-order valence-electron chi connectivity index (χ0n) is 12.1. The third-order valence-corrected chi connectivity index (χ3v) is 4.73. The minimum atomic E-state index is 0.713. The second-order valence-corrected chi connectivity index (χ2v) is 6.58. The van der Waals surface area contributed by atoms with E-state index in [0.717, 1.165) is 24.4 Å². The molecule has 110 valence electrons. The van der Waals surface area contributed by atoms with Crippen molar-refractivity contribution < 1.29 is 0 Å². The molecule has 1 fully saturated rings. The fourth-order valence-electron chi connectivity index (χ4n) is 3.13. The summed E-state index contributed by atoms with van der Waals surface area (Å²) in [6.45, 7) is 0.907. The first-order valence-electron chi connectivity index (χ1n) is 7.88. The first kappa shape index (κ1) is 13.4. The maximum absolute atomic E-state index is 6.24. The number of halogens is 1. The Labute approximate surface area is 130 Å². The van der Waals surface area contributed by atoms with E-state index in [2.05, 4.69) is 27.0 Å². The molecule has 2 aliphatic carbocycles. The SMILES string of the molecule is Clc1ccc(CNC2CC2)c(-n2cnc3c2CCCC3)c1. The Morgan fingerprint density at radius 3 is 2.95 bits per heavy atom. The Morgan fingerprint density at radius 2 is 2.10 bits per heavy atom. The zero-order valence-corrected chi connectivity index (χ0v) is 12.9. The monoisotopic (exact) mass is 301 g/mol. The summed E-state index contributed by atoms with van der Waals surface area (Å²) in [5.74, 6) is 0. The molecule has 1 saturated carbocycles. The molecule has 2 aliphatic rings. The van der Waals surface area contributed by atoms with Gasteiger partial charge in [0.05, 0.1) is 17.7 Å². The van der Waals surface area contributed by atoms with Gasteiger partial charge in [0.25, 0.3) is 0 Å². The molecule has 0 bridgehead atoms. The third-order valence-electron chi connectivity index (χ3n) is 4.50. The summed E-state index contributed by atoms with van der Waals surface area (Å²) in [4.78, 5) is 4.61. The molecule has 0 saturated heterocycles. The lowest BCUT2D eigenvalue weighted by Crippen LogP contribution is -2.17. The lowest BCUT2D eigenvalue weighted by atomic mass is 10.0. The lowest BCUT2D eigenvalue weighted by Gasteiger charge is -2.17. The smallest absolute Gasteiger partial charge is 0.0997 e. The van der Waals surface area contributed by atoms with Gasteiger partial charge in [-0.25, -0.2) is 4.98 Å². The molecule has 0 atom stereocenters. The third kappa shape index (κ3) is 2.72. The molecule has 0 unspecified atom stereocenters. The van der Waals surface area contributed by atoms with Crippen molar-refractivity contribution in [1.29, 1.82) is 0 Å². The van der Waals surface area contributed by atoms with Gasteiger partial charge < -0.3 is 9.88 Å². The fraction of sp³-hybridized carbons (Fsp3) is 0.471. The Kier molecular flexibility index (Phi) is 3.48. The van der Waals surface area contributed by atoms with Gasteiger partial charge >= 0.3 is 0 Å². The number of aryl methyl sites for hydroxylation is 1. The highest BCUT2D eigenvalue weighted by atomic mass is 35.5. The number of imidazole rings is 1. The number of hydrogen-bond acceptors (Lipinski definition) is 2. The van der Waals surface area contributed by atoms with E-state index in [1.807, 2.05) is 12.4 Å². The second kappa shape index (κ2) is 5.47. The van der Waals surface area contributed by atoms with Crippen molar-refractivity contribution in [2.75, 3.05) is 0 Å². The second-order valence-electron chi connectivity index (χ2n) is 6.14. The normalized spacial score (nSPS) is 17.8. The van der Waals surface area contributed by atoms with Crippen LogP contribution in [0.25, 0.3) is 5.69 Å². The number of nitrogens with zero attached hydrogens (tertiary/aromatic N) is 2. The summed E-state index contributed by atoms with van der Waals surface area (Å²) >= 11 is 6.24. The molecule has 4 heteroatoms. The van der Waals surface area contributed by atoms with Gasteiger partial charge in [0.15, 0.2) is 0 Å². The summed E-state index contributed by atoms with van der Waals surface area (Å²) < 4.78 is 2.25. The van der Waals surface area contributed by atoms with Gasteiger partial charge in [-0.1, -0.05) is 17.7 Å². The van der Waals surface area contributed by atoms with Gasteiger partial charge in [0.1, 0.15) is 0 Å². The molecule has 1 aromatic carbocycles. The van der Waals surface area contributed by atoms with Crippen LogP contribution >= 0.6 is 11.6 Å². The van der Waals surface area contributed by atoms with E-state index < -0.39 is 0 Å². The number of rotatable bonds is 4. The number of nitrogens with one attached hydrogen (secondary N) is 1. The minimum absolute atomic E-state index is 0.713. The van der Waals surface area contributed by atoms with Gasteiger partial charge in [-0.2, -0.15) is 0 Å². The maximum Gasteiger partial charge on any atom is 0.0997 e. The van der Waals surface area contributed by atoms with E-state index in [4.69, 9.17) is 11.6 Å². The molecular weight excluding hydrogens is 282 g/mol. The van der Waals surface area contributed by atoms with Crippen LogP contribution in [0, 0.1) is 0 Å². The Bertz CT molecular complexity index is 658. The van der Waals surface area contributed by atoms with Gasteiger partial charge in [-0.3, -0.25) is 0 Å². The van der Waals surface area contributed by atoms with Crippen LogP contribution in [0.5, 0.6) is 0 Å². The van der Waals surface area contributed by atoms with Crippen molar-refractivity contribution in [3.8, 4) is 5.69 Å². The Hall–Kier alpha value is -1.32. The average molecular weight is 302 g/mol. The largest absolute Gasteiger partial charge is 0.310 e. The van der Waals surface area contributed by atoms with E-state index in [0.29, 0.717) is 6.04 Å². The van der Waals surface area contributed by atoms with Crippen molar-refractivity contribution >= 4 is 11.6 Å². The van der Waals surface area contributed by atoms with Crippen LogP contribution in [0.2, 0.25) is 5.02 Å². The molecule has 2 aromatic rings. The molecule has 1 N–H and O–H groups in total. The van der Waals surface area contributed by atoms with Crippen LogP contribution in [-0.2, 0) is 19.4 Å². The molecule has 1 heterocycles. The van der Waals surface area contributed by atoms with Crippen molar-refractivity contribution in [2.45, 2.75) is 51.1 Å². The standard InChI is InChI=1S/C17H20ClN3/c18-13-6-5-12(10-19-14-7-8-14)17(9-13)21-11-20-15-3-1-2-4-16(15)21/h5-6,9,11,14,19H,1-4,7-8,10H2. The highest BCUT2D eigenvalue weighted by Crippen LogP contribution is 2.27. The fourth-order valence-corrected chi connectivity index (χ4v) is 3.30. The average Bonchev–Trinajstić information content (AvgIpc) is 3.23. The summed E-state index contributed by atoms with van der Waals surface area (Å²) in [5, 5.41) is 4.39. The first-order valence-corrected chi connectivity index (χ1v) is 8.26. The first-order chi connectivity index (χ1) is 10.3. The van der Waals surface area contributed by atoms with Crippen molar-refractivity contribution in [3.63, 3.8) is 0 Å². The molecule has 0 aliphatic heterocycles. The van der Waals surface area contributed by atoms with E-state index in [9.17, 15) is 0 Å². The van der Waals surface area contributed by atoms with Crippen LogP contribution < -0.4 is 5.32 Å². The number of hydrogen-bond donors (Lipinski definition) is 1. The summed E-state index contributed by atoms with van der Waals surface area (Å²) in [5.41, 5.74) is 5.13. The van der Waals surface area contributed by atoms with Crippen molar-refractivity contribution in [1.82, 2.24) is 14.9 Å². The number of aromatic nitrogens is 2. The number of fused-ring (bicyclic) bond motifs is 1. The van der Waals surface area contributed by atoms with Crippen molar-refractivity contribution in [3.05, 3.63) is 46.5 Å². The number of benzene rings is 1. The molecule has 4 rings (SSSR count). The quantitative estimate of drug-likeness (QED) is 0.934. The maximum atomic E-state index is 6.24. The van der Waals surface area contributed by atoms with Gasteiger partial charge in [-0.15, -0.1) is 0 Å². The van der Waals surface area contributed by atoms with Crippen LogP contribution in [0.4, 0.5) is 0 Å². The van der Waals surface area contributed by atoms with Crippen LogP contribution in [0.3, 0.4) is 0 Å². The molecule has 21 heavy (non-hydrogen) atoms. The summed E-state index contributed by atoms with van der Waals surface area (Å²) in [6, 6.07) is 6.91. The van der Waals surface area contributed by atoms with Crippen LogP contribution in [0.15, 0.2) is 24.5 Å². The Morgan fingerprint density at radius 1 is 1.24 bits per heavy atom. The van der Waals surface area contributed by atoms with Crippen molar-refractivity contribution in [2.24, 2.45) is 0 Å². The highest BCUT2D eigenvalue weighted by Gasteiger charge is 2.22. The Balaban J connectivity index is 1.71. The summed E-state index contributed by atoms with van der Waals surface area (Å²) in [7, 11) is 0. The summed E-state index contributed by atoms with van der Waals surface area (Å²) in [6.07, 6.45) is 9.34. The molecule has 1 aromatic heterocycles. The topological polar surface area (TPSA) is 29.9 Å². The van der Waals surface area contributed by atoms with E-state index in [1.54, 1.807) is 0 Å².